The largest absolute Gasteiger partial charge is 0.386 e. The zero-order valence-corrected chi connectivity index (χ0v) is 13.9. The van der Waals surface area contributed by atoms with Crippen molar-refractivity contribution in [1.29, 1.82) is 0 Å². The average Bonchev–Trinajstić information content (AvgIpc) is 3.32. The highest BCUT2D eigenvalue weighted by Crippen LogP contribution is 2.31. The van der Waals surface area contributed by atoms with Gasteiger partial charge >= 0.3 is 0 Å². The number of thioether (sulfide) groups is 1. The van der Waals surface area contributed by atoms with E-state index in [9.17, 15) is 4.79 Å². The Morgan fingerprint density at radius 2 is 2.22 bits per heavy atom. The number of nitrogens with zero attached hydrogens (tertiary/aromatic N) is 2. The second-order valence-electron chi connectivity index (χ2n) is 5.99. The molecular weight excluding hydrogens is 308 g/mol. The summed E-state index contributed by atoms with van der Waals surface area (Å²) >= 11 is 1.59. The molecular formula is C17H20N4OS. The number of hydrogen-bond acceptors (Lipinski definition) is 4. The Balaban J connectivity index is 1.54. The van der Waals surface area contributed by atoms with Crippen molar-refractivity contribution in [3.8, 4) is 0 Å². The van der Waals surface area contributed by atoms with Crippen molar-refractivity contribution in [2.45, 2.75) is 18.1 Å². The summed E-state index contributed by atoms with van der Waals surface area (Å²) in [7, 11) is 1.92. The number of hydrogen-bond donors (Lipinski definition) is 2. The highest BCUT2D eigenvalue weighted by atomic mass is 32.2. The van der Waals surface area contributed by atoms with Gasteiger partial charge in [-0.15, -0.1) is 0 Å². The molecule has 23 heavy (non-hydrogen) atoms. The summed E-state index contributed by atoms with van der Waals surface area (Å²) in [5.41, 5.74) is 3.16. The fourth-order valence-electron chi connectivity index (χ4n) is 3.27. The quantitative estimate of drug-likeness (QED) is 0.911. The molecule has 4 rings (SSSR count). The normalized spacial score (nSPS) is 21.0. The van der Waals surface area contributed by atoms with Crippen LogP contribution in [-0.4, -0.2) is 52.8 Å². The molecule has 2 aliphatic heterocycles. The number of likely N-dealkylation sites (tertiary alicyclic amines) is 1. The van der Waals surface area contributed by atoms with Crippen LogP contribution >= 0.6 is 11.8 Å². The van der Waals surface area contributed by atoms with Gasteiger partial charge in [-0.25, -0.2) is 0 Å². The summed E-state index contributed by atoms with van der Waals surface area (Å²) in [5, 5.41) is 5.24. The first-order chi connectivity index (χ1) is 11.3. The highest BCUT2D eigenvalue weighted by molar-refractivity contribution is 8.15. The fourth-order valence-corrected chi connectivity index (χ4v) is 4.33. The number of nitrogens with one attached hydrogen (secondary N) is 2. The third kappa shape index (κ3) is 2.61. The topological polar surface area (TPSA) is 60.5 Å². The van der Waals surface area contributed by atoms with Crippen molar-refractivity contribution in [3.63, 3.8) is 0 Å². The lowest BCUT2D eigenvalue weighted by molar-refractivity contribution is -0.129. The molecule has 1 amide bonds. The summed E-state index contributed by atoms with van der Waals surface area (Å²) in [4.78, 5) is 22.6. The Hall–Kier alpha value is -1.95. The van der Waals surface area contributed by atoms with Crippen molar-refractivity contribution in [2.24, 2.45) is 4.99 Å². The van der Waals surface area contributed by atoms with Crippen LogP contribution in [0.3, 0.4) is 0 Å². The number of para-hydroxylation sites is 1. The van der Waals surface area contributed by atoms with Gasteiger partial charge in [0, 0.05) is 25.5 Å². The number of H-pyrrole nitrogens is 1. The maximum Gasteiger partial charge on any atom is 0.238 e. The van der Waals surface area contributed by atoms with Gasteiger partial charge in [0.2, 0.25) is 5.91 Å². The second kappa shape index (κ2) is 5.92. The first-order valence-electron chi connectivity index (χ1n) is 8.06. The number of aromatic nitrogens is 1. The van der Waals surface area contributed by atoms with Crippen molar-refractivity contribution in [2.75, 3.05) is 32.0 Å². The van der Waals surface area contributed by atoms with Crippen LogP contribution in [0.2, 0.25) is 0 Å². The van der Waals surface area contributed by atoms with Crippen molar-refractivity contribution >= 4 is 39.3 Å². The van der Waals surface area contributed by atoms with Gasteiger partial charge in [-0.1, -0.05) is 23.9 Å². The molecule has 1 aromatic heterocycles. The SMILES string of the molecule is CNc1cccc2cc(C3=NCC(C(=O)N4CCCC4)S3)[nH]c12. The molecule has 3 heterocycles. The molecule has 0 spiro atoms. The summed E-state index contributed by atoms with van der Waals surface area (Å²) < 4.78 is 0. The average molecular weight is 328 g/mol. The van der Waals surface area contributed by atoms with E-state index in [0.29, 0.717) is 6.54 Å². The zero-order valence-electron chi connectivity index (χ0n) is 13.1. The lowest BCUT2D eigenvalue weighted by atomic mass is 10.2. The van der Waals surface area contributed by atoms with Crippen LogP contribution in [0.1, 0.15) is 18.5 Å². The highest BCUT2D eigenvalue weighted by Gasteiger charge is 2.32. The minimum atomic E-state index is -0.0571. The van der Waals surface area contributed by atoms with Crippen LogP contribution in [0.15, 0.2) is 29.3 Å². The molecule has 0 radical (unpaired) electrons. The van der Waals surface area contributed by atoms with Crippen molar-refractivity contribution in [3.05, 3.63) is 30.0 Å². The molecule has 6 heteroatoms. The number of benzene rings is 1. The monoisotopic (exact) mass is 328 g/mol. The zero-order chi connectivity index (χ0) is 15.8. The Bertz CT molecular complexity index is 776. The molecule has 2 aromatic rings. The number of aromatic amines is 1. The van der Waals surface area contributed by atoms with E-state index < -0.39 is 0 Å². The Morgan fingerprint density at radius 3 is 3.00 bits per heavy atom. The van der Waals surface area contributed by atoms with Gasteiger partial charge in [-0.3, -0.25) is 9.79 Å². The maximum atomic E-state index is 12.5. The van der Waals surface area contributed by atoms with Crippen LogP contribution in [0.25, 0.3) is 10.9 Å². The van der Waals surface area contributed by atoms with Gasteiger partial charge in [0.25, 0.3) is 0 Å². The molecule has 2 N–H and O–H groups in total. The maximum absolute atomic E-state index is 12.5. The molecule has 1 unspecified atom stereocenters. The van der Waals surface area contributed by atoms with Gasteiger partial charge in [0.15, 0.2) is 0 Å². The molecule has 1 saturated heterocycles. The van der Waals surface area contributed by atoms with E-state index in [0.717, 1.165) is 53.3 Å². The number of fused-ring (bicyclic) bond motifs is 1. The predicted octanol–water partition coefficient (Wildman–Crippen LogP) is 2.69. The number of carbonyl (C=O) groups excluding carboxylic acids is 1. The number of carbonyl (C=O) groups is 1. The number of anilines is 1. The minimum absolute atomic E-state index is 0.0571. The van der Waals surface area contributed by atoms with Crippen LogP contribution < -0.4 is 5.32 Å². The lowest BCUT2D eigenvalue weighted by Gasteiger charge is -2.18. The van der Waals surface area contributed by atoms with Gasteiger partial charge < -0.3 is 15.2 Å². The molecule has 2 aliphatic rings. The van der Waals surface area contributed by atoms with E-state index in [1.165, 1.54) is 0 Å². The third-order valence-corrected chi connectivity index (χ3v) is 5.71. The summed E-state index contributed by atoms with van der Waals surface area (Å²) in [5.74, 6) is 0.248. The second-order valence-corrected chi connectivity index (χ2v) is 7.18. The molecule has 5 nitrogen and oxygen atoms in total. The van der Waals surface area contributed by atoms with Crippen LogP contribution in [-0.2, 0) is 4.79 Å². The lowest BCUT2D eigenvalue weighted by Crippen LogP contribution is -2.36. The summed E-state index contributed by atoms with van der Waals surface area (Å²) in [6.45, 7) is 2.40. The standard InChI is InChI=1S/C17H20N4OS/c1-18-12-6-4-5-11-9-13(20-15(11)12)16-19-10-14(23-16)17(22)21-7-2-3-8-21/h4-6,9,14,18,20H,2-3,7-8,10H2,1H3. The first-order valence-corrected chi connectivity index (χ1v) is 8.94. The summed E-state index contributed by atoms with van der Waals surface area (Å²) in [6, 6.07) is 8.29. The number of rotatable bonds is 3. The van der Waals surface area contributed by atoms with Crippen LogP contribution in [0, 0.1) is 0 Å². The Labute approximate surface area is 139 Å². The minimum Gasteiger partial charge on any atom is -0.386 e. The Kier molecular flexibility index (Phi) is 3.77. The fraction of sp³-hybridized carbons (Fsp3) is 0.412. The Morgan fingerprint density at radius 1 is 1.39 bits per heavy atom. The molecule has 1 aromatic carbocycles. The van der Waals surface area contributed by atoms with Gasteiger partial charge in [-0.2, -0.15) is 0 Å². The molecule has 0 bridgehead atoms. The van der Waals surface area contributed by atoms with Gasteiger partial charge in [-0.05, 0) is 25.0 Å². The van der Waals surface area contributed by atoms with Crippen molar-refractivity contribution in [1.82, 2.24) is 9.88 Å². The van der Waals surface area contributed by atoms with Crippen molar-refractivity contribution < 1.29 is 4.79 Å². The molecule has 1 atom stereocenters. The third-order valence-electron chi connectivity index (χ3n) is 4.50. The van der Waals surface area contributed by atoms with E-state index in [-0.39, 0.29) is 11.2 Å². The van der Waals surface area contributed by atoms with Gasteiger partial charge in [0.05, 0.1) is 23.4 Å². The summed E-state index contributed by atoms with van der Waals surface area (Å²) in [6.07, 6.45) is 2.26. The molecule has 0 aliphatic carbocycles. The number of amides is 1. The van der Waals surface area contributed by atoms with Gasteiger partial charge in [0.1, 0.15) is 10.3 Å². The smallest absolute Gasteiger partial charge is 0.238 e. The number of aliphatic imine (C=N–C) groups is 1. The van der Waals surface area contributed by atoms with Crippen LogP contribution in [0.4, 0.5) is 5.69 Å². The molecule has 0 saturated carbocycles. The first kappa shape index (κ1) is 14.6. The molecule has 1 fully saturated rings. The van der Waals surface area contributed by atoms with E-state index in [1.54, 1.807) is 11.8 Å². The van der Waals surface area contributed by atoms with Crippen LogP contribution in [0.5, 0.6) is 0 Å². The van der Waals surface area contributed by atoms with E-state index in [1.807, 2.05) is 24.1 Å². The van der Waals surface area contributed by atoms with E-state index in [4.69, 9.17) is 0 Å². The van der Waals surface area contributed by atoms with E-state index in [2.05, 4.69) is 27.4 Å². The predicted molar refractivity (Wildman–Crippen MR) is 96.4 cm³/mol. The molecule has 120 valence electrons. The van der Waals surface area contributed by atoms with E-state index >= 15 is 0 Å².